The van der Waals surface area contributed by atoms with Crippen molar-refractivity contribution in [3.05, 3.63) is 64.3 Å². The highest BCUT2D eigenvalue weighted by molar-refractivity contribution is 5.84. The molecule has 2 aromatic carbocycles. The molecule has 3 nitrogen and oxygen atoms in total. The number of benzene rings is 2. The quantitative estimate of drug-likeness (QED) is 0.678. The molecule has 0 atom stereocenters. The Balaban J connectivity index is 2.49. The Labute approximate surface area is 126 Å². The molecule has 3 aromatic rings. The molecule has 3 rings (SSSR count). The fraction of sp³-hybridized carbons (Fsp3) is 0.0625. The van der Waals surface area contributed by atoms with Crippen LogP contribution in [0.4, 0.5) is 17.6 Å². The van der Waals surface area contributed by atoms with Crippen molar-refractivity contribution in [1.82, 2.24) is 0 Å². The molecule has 7 heteroatoms. The average Bonchev–Trinajstić information content (AvgIpc) is 2.47. The van der Waals surface area contributed by atoms with Gasteiger partial charge < -0.3 is 9.52 Å². The van der Waals surface area contributed by atoms with Crippen molar-refractivity contribution >= 4 is 11.0 Å². The van der Waals surface area contributed by atoms with Crippen LogP contribution in [0.5, 0.6) is 5.75 Å². The maximum atomic E-state index is 13.9. The molecule has 0 fully saturated rings. The molecule has 0 bridgehead atoms. The number of alkyl halides is 3. The van der Waals surface area contributed by atoms with Gasteiger partial charge in [0.05, 0.1) is 10.9 Å². The topological polar surface area (TPSA) is 50.4 Å². The second-order valence-corrected chi connectivity index (χ2v) is 4.79. The Morgan fingerprint density at radius 2 is 1.74 bits per heavy atom. The second kappa shape index (κ2) is 5.12. The molecule has 23 heavy (non-hydrogen) atoms. The van der Waals surface area contributed by atoms with Gasteiger partial charge in [-0.3, -0.25) is 4.79 Å². The molecule has 1 heterocycles. The minimum atomic E-state index is -5.00. The number of rotatable bonds is 1. The van der Waals surface area contributed by atoms with Gasteiger partial charge >= 0.3 is 6.18 Å². The zero-order chi connectivity index (χ0) is 16.8. The van der Waals surface area contributed by atoms with Crippen LogP contribution in [-0.4, -0.2) is 5.11 Å². The summed E-state index contributed by atoms with van der Waals surface area (Å²) in [4.78, 5) is 12.5. The molecule has 1 N–H and O–H groups in total. The first-order valence-corrected chi connectivity index (χ1v) is 6.41. The van der Waals surface area contributed by atoms with Gasteiger partial charge in [0.1, 0.15) is 17.1 Å². The summed E-state index contributed by atoms with van der Waals surface area (Å²) < 4.78 is 58.4. The van der Waals surface area contributed by atoms with Crippen LogP contribution in [0.15, 0.2) is 51.7 Å². The number of hydrogen-bond donors (Lipinski definition) is 1. The first kappa shape index (κ1) is 15.1. The van der Waals surface area contributed by atoms with Gasteiger partial charge in [-0.2, -0.15) is 13.2 Å². The van der Waals surface area contributed by atoms with Crippen molar-refractivity contribution in [3.8, 4) is 16.9 Å². The number of halogens is 4. The van der Waals surface area contributed by atoms with Gasteiger partial charge in [0.25, 0.3) is 0 Å². The lowest BCUT2D eigenvalue weighted by Crippen LogP contribution is -2.16. The molecule has 0 unspecified atom stereocenters. The summed E-state index contributed by atoms with van der Waals surface area (Å²) >= 11 is 0. The molecule has 0 spiro atoms. The number of aromatic hydroxyl groups is 1. The minimum Gasteiger partial charge on any atom is -0.508 e. The van der Waals surface area contributed by atoms with Gasteiger partial charge in [0.2, 0.25) is 11.2 Å². The Bertz CT molecular complexity index is 958. The van der Waals surface area contributed by atoms with Crippen LogP contribution in [0.25, 0.3) is 22.1 Å². The lowest BCUT2D eigenvalue weighted by Gasteiger charge is -2.13. The first-order valence-electron chi connectivity index (χ1n) is 6.41. The van der Waals surface area contributed by atoms with E-state index in [1.54, 1.807) is 0 Å². The van der Waals surface area contributed by atoms with E-state index in [0.29, 0.717) is 0 Å². The van der Waals surface area contributed by atoms with Crippen molar-refractivity contribution in [2.75, 3.05) is 0 Å². The summed E-state index contributed by atoms with van der Waals surface area (Å²) in [5.74, 6) is -2.93. The summed E-state index contributed by atoms with van der Waals surface area (Å²) in [6.45, 7) is 0. The van der Waals surface area contributed by atoms with Crippen LogP contribution in [0.1, 0.15) is 5.76 Å². The van der Waals surface area contributed by atoms with E-state index >= 15 is 0 Å². The lowest BCUT2D eigenvalue weighted by atomic mass is 10.0. The van der Waals surface area contributed by atoms with Crippen molar-refractivity contribution in [2.45, 2.75) is 6.18 Å². The first-order chi connectivity index (χ1) is 10.8. The fourth-order valence-electron chi connectivity index (χ4n) is 2.29. The third-order valence-corrected chi connectivity index (χ3v) is 3.28. The average molecular weight is 324 g/mol. The fourth-order valence-corrected chi connectivity index (χ4v) is 2.29. The van der Waals surface area contributed by atoms with Crippen molar-refractivity contribution in [1.29, 1.82) is 0 Å². The van der Waals surface area contributed by atoms with Gasteiger partial charge in [0, 0.05) is 11.6 Å². The van der Waals surface area contributed by atoms with Crippen LogP contribution in [-0.2, 0) is 6.18 Å². The Hall–Kier alpha value is -2.83. The Morgan fingerprint density at radius 3 is 2.39 bits per heavy atom. The standard InChI is InChI=1S/C16H8F4O3/c17-11-4-2-1-3-9(11)13-14(22)10-6-5-8(21)7-12(10)23-15(13)16(18,19)20/h1-7,21H. The van der Waals surface area contributed by atoms with Gasteiger partial charge in [-0.25, -0.2) is 4.39 Å². The van der Waals surface area contributed by atoms with Crippen LogP contribution >= 0.6 is 0 Å². The predicted octanol–water partition coefficient (Wildman–Crippen LogP) is 4.32. The van der Waals surface area contributed by atoms with E-state index in [0.717, 1.165) is 30.3 Å². The van der Waals surface area contributed by atoms with E-state index in [-0.39, 0.29) is 11.1 Å². The second-order valence-electron chi connectivity index (χ2n) is 4.79. The van der Waals surface area contributed by atoms with E-state index in [1.165, 1.54) is 12.1 Å². The summed E-state index contributed by atoms with van der Waals surface area (Å²) in [6.07, 6.45) is -5.00. The summed E-state index contributed by atoms with van der Waals surface area (Å²) in [7, 11) is 0. The Kier molecular flexibility index (Phi) is 3.35. The van der Waals surface area contributed by atoms with E-state index in [2.05, 4.69) is 0 Å². The van der Waals surface area contributed by atoms with E-state index in [1.807, 2.05) is 0 Å². The summed E-state index contributed by atoms with van der Waals surface area (Å²) in [5, 5.41) is 9.16. The number of phenolic OH excluding ortho intramolecular Hbond substituents is 1. The largest absolute Gasteiger partial charge is 0.508 e. The highest BCUT2D eigenvalue weighted by Gasteiger charge is 2.40. The van der Waals surface area contributed by atoms with Crippen molar-refractivity contribution in [3.63, 3.8) is 0 Å². The van der Waals surface area contributed by atoms with Crippen LogP contribution < -0.4 is 5.43 Å². The molecule has 1 aromatic heterocycles. The molecule has 0 amide bonds. The third kappa shape index (κ3) is 2.54. The molecular formula is C16H8F4O3. The summed E-state index contributed by atoms with van der Waals surface area (Å²) in [6, 6.07) is 7.81. The van der Waals surface area contributed by atoms with Gasteiger partial charge in [-0.1, -0.05) is 18.2 Å². The monoisotopic (exact) mass is 324 g/mol. The van der Waals surface area contributed by atoms with Crippen LogP contribution in [0, 0.1) is 5.82 Å². The molecule has 0 aliphatic carbocycles. The number of fused-ring (bicyclic) bond motifs is 1. The SMILES string of the molecule is O=c1c(-c2ccccc2F)c(C(F)(F)F)oc2cc(O)ccc12. The molecule has 0 saturated heterocycles. The molecule has 0 aliphatic rings. The van der Waals surface area contributed by atoms with Gasteiger partial charge in [-0.15, -0.1) is 0 Å². The van der Waals surface area contributed by atoms with Crippen LogP contribution in [0.3, 0.4) is 0 Å². The normalized spacial score (nSPS) is 11.8. The maximum absolute atomic E-state index is 13.9. The number of hydrogen-bond acceptors (Lipinski definition) is 3. The zero-order valence-electron chi connectivity index (χ0n) is 11.3. The van der Waals surface area contributed by atoms with Crippen LogP contribution in [0.2, 0.25) is 0 Å². The molecule has 0 radical (unpaired) electrons. The number of phenols is 1. The molecular weight excluding hydrogens is 316 g/mol. The molecule has 0 saturated carbocycles. The smallest absolute Gasteiger partial charge is 0.450 e. The van der Waals surface area contributed by atoms with E-state index in [4.69, 9.17) is 4.42 Å². The zero-order valence-corrected chi connectivity index (χ0v) is 11.3. The van der Waals surface area contributed by atoms with E-state index < -0.39 is 39.9 Å². The summed E-state index contributed by atoms with van der Waals surface area (Å²) in [5.41, 5.74) is -2.84. The van der Waals surface area contributed by atoms with Gasteiger partial charge in [-0.05, 0) is 18.2 Å². The highest BCUT2D eigenvalue weighted by atomic mass is 19.4. The Morgan fingerprint density at radius 1 is 1.04 bits per heavy atom. The third-order valence-electron chi connectivity index (χ3n) is 3.28. The predicted molar refractivity (Wildman–Crippen MR) is 74.5 cm³/mol. The van der Waals surface area contributed by atoms with Crippen molar-refractivity contribution in [2.24, 2.45) is 0 Å². The maximum Gasteiger partial charge on any atom is 0.450 e. The van der Waals surface area contributed by atoms with E-state index in [9.17, 15) is 27.5 Å². The van der Waals surface area contributed by atoms with Crippen molar-refractivity contribution < 1.29 is 27.1 Å². The lowest BCUT2D eigenvalue weighted by molar-refractivity contribution is -0.152. The molecule has 0 aliphatic heterocycles. The van der Waals surface area contributed by atoms with Gasteiger partial charge in [0.15, 0.2) is 0 Å². The minimum absolute atomic E-state index is 0.186. The molecule has 118 valence electrons. The highest BCUT2D eigenvalue weighted by Crippen LogP contribution is 2.38.